The number of fused-ring (bicyclic) bond motifs is 1. The van der Waals surface area contributed by atoms with E-state index in [1.165, 1.54) is 17.3 Å². The Kier molecular flexibility index (Phi) is 7.29. The van der Waals surface area contributed by atoms with Gasteiger partial charge in [0.15, 0.2) is 0 Å². The molecule has 6 nitrogen and oxygen atoms in total. The molecule has 0 spiro atoms. The van der Waals surface area contributed by atoms with E-state index in [0.29, 0.717) is 28.1 Å². The molecule has 1 aliphatic rings. The molecule has 1 aromatic heterocycles. The maximum Gasteiger partial charge on any atom is 0.338 e. The molecule has 2 heterocycles. The fraction of sp³-hybridized carbons (Fsp3) is 0.370. The number of carbonyl (C=O) groups excluding carboxylic acids is 1. The van der Waals surface area contributed by atoms with E-state index < -0.39 is 6.04 Å². The average Bonchev–Trinajstić information content (AvgIpc) is 3.19. The number of allylic oxidation sites excluding steroid dienone is 1. The van der Waals surface area contributed by atoms with Gasteiger partial charge in [-0.25, -0.2) is 9.48 Å². The molecular weight excluding hydrogens is 480 g/mol. The molecule has 0 saturated heterocycles. The van der Waals surface area contributed by atoms with Crippen LogP contribution in [-0.2, 0) is 20.7 Å². The predicted octanol–water partition coefficient (Wildman–Crippen LogP) is 6.76. The van der Waals surface area contributed by atoms with Gasteiger partial charge < -0.3 is 10.1 Å². The molecule has 0 fully saturated rings. The van der Waals surface area contributed by atoms with Crippen molar-refractivity contribution in [2.75, 3.05) is 5.32 Å². The second kappa shape index (κ2) is 10.1. The van der Waals surface area contributed by atoms with Crippen LogP contribution >= 0.6 is 23.4 Å². The van der Waals surface area contributed by atoms with Crippen molar-refractivity contribution in [1.82, 2.24) is 14.8 Å². The average molecular weight is 511 g/mol. The molecule has 4 rings (SSSR count). The second-order valence-electron chi connectivity index (χ2n) is 9.93. The van der Waals surface area contributed by atoms with E-state index in [4.69, 9.17) is 26.4 Å². The van der Waals surface area contributed by atoms with E-state index >= 15 is 0 Å². The molecule has 184 valence electrons. The van der Waals surface area contributed by atoms with Crippen molar-refractivity contribution in [3.63, 3.8) is 0 Å². The van der Waals surface area contributed by atoms with Crippen LogP contribution in [0.4, 0.5) is 5.95 Å². The molecule has 1 atom stereocenters. The summed E-state index contributed by atoms with van der Waals surface area (Å²) in [6.45, 7) is 12.1. The molecule has 0 bridgehead atoms. The molecule has 2 aromatic carbocycles. The van der Waals surface area contributed by atoms with E-state index in [1.54, 1.807) is 4.68 Å². The van der Waals surface area contributed by atoms with Crippen molar-refractivity contribution in [2.24, 2.45) is 0 Å². The van der Waals surface area contributed by atoms with E-state index in [-0.39, 0.29) is 17.5 Å². The van der Waals surface area contributed by atoms with Gasteiger partial charge in [0.05, 0.1) is 11.7 Å². The lowest BCUT2D eigenvalue weighted by Gasteiger charge is -2.29. The van der Waals surface area contributed by atoms with Crippen LogP contribution in [0.2, 0.25) is 5.02 Å². The third kappa shape index (κ3) is 5.57. The van der Waals surface area contributed by atoms with Crippen LogP contribution < -0.4 is 5.32 Å². The summed E-state index contributed by atoms with van der Waals surface area (Å²) in [6.07, 6.45) is -0.231. The Labute approximate surface area is 216 Å². The lowest BCUT2D eigenvalue weighted by molar-refractivity contribution is -0.143. The first kappa shape index (κ1) is 25.3. The van der Waals surface area contributed by atoms with Crippen LogP contribution in [0.1, 0.15) is 64.3 Å². The predicted molar refractivity (Wildman–Crippen MR) is 142 cm³/mol. The van der Waals surface area contributed by atoms with Crippen LogP contribution in [0.25, 0.3) is 0 Å². The highest BCUT2D eigenvalue weighted by Crippen LogP contribution is 2.38. The summed E-state index contributed by atoms with van der Waals surface area (Å²) in [4.78, 5) is 17.9. The molecule has 35 heavy (non-hydrogen) atoms. The minimum atomic E-state index is -0.450. The number of thioether (sulfide) groups is 1. The number of nitrogens with zero attached hydrogens (tertiary/aromatic N) is 3. The Morgan fingerprint density at radius 1 is 1.17 bits per heavy atom. The van der Waals surface area contributed by atoms with E-state index in [2.05, 4.69) is 50.4 Å². The van der Waals surface area contributed by atoms with E-state index in [0.717, 1.165) is 16.1 Å². The Morgan fingerprint density at radius 3 is 2.49 bits per heavy atom. The normalized spacial score (nSPS) is 15.7. The molecule has 1 N–H and O–H groups in total. The largest absolute Gasteiger partial charge is 0.459 e. The second-order valence-corrected chi connectivity index (χ2v) is 11.3. The summed E-state index contributed by atoms with van der Waals surface area (Å²) in [5.41, 5.74) is 4.45. The standard InChI is InChI=1S/C27H31ClN4O2S/c1-16(2)34-24(33)22-17(3)29-25-30-26(35-15-19-9-7-8-10-21(19)28)31-32(25)23(22)18-11-13-20(14-12-18)27(4,5)6/h7-14,16,23H,15H2,1-6H3,(H,29,30,31). The van der Waals surface area contributed by atoms with Gasteiger partial charge in [-0.15, -0.1) is 5.10 Å². The van der Waals surface area contributed by atoms with Crippen LogP contribution in [0, 0.1) is 0 Å². The van der Waals surface area contributed by atoms with Crippen LogP contribution in [0.5, 0.6) is 0 Å². The monoisotopic (exact) mass is 510 g/mol. The number of nitrogens with one attached hydrogen (secondary N) is 1. The number of ether oxygens (including phenoxy) is 1. The van der Waals surface area contributed by atoms with Crippen LogP contribution in [-0.4, -0.2) is 26.8 Å². The van der Waals surface area contributed by atoms with Gasteiger partial charge in [-0.1, -0.05) is 86.6 Å². The van der Waals surface area contributed by atoms with Gasteiger partial charge in [0.1, 0.15) is 6.04 Å². The number of hydrogen-bond acceptors (Lipinski definition) is 6. The first-order chi connectivity index (χ1) is 16.5. The first-order valence-corrected chi connectivity index (χ1v) is 13.0. The summed E-state index contributed by atoms with van der Waals surface area (Å²) in [5, 5.41) is 9.37. The number of carbonyl (C=O) groups is 1. The summed E-state index contributed by atoms with van der Waals surface area (Å²) in [6, 6.07) is 15.7. The molecule has 1 unspecified atom stereocenters. The van der Waals surface area contributed by atoms with Gasteiger partial charge in [-0.05, 0) is 48.9 Å². The zero-order chi connectivity index (χ0) is 25.3. The van der Waals surface area contributed by atoms with Gasteiger partial charge in [0.25, 0.3) is 0 Å². The number of hydrogen-bond donors (Lipinski definition) is 1. The summed E-state index contributed by atoms with van der Waals surface area (Å²) in [5.74, 6) is 0.874. The van der Waals surface area contributed by atoms with Crippen LogP contribution in [0.15, 0.2) is 65.0 Å². The third-order valence-corrected chi connectivity index (χ3v) is 7.06. The number of halogens is 1. The van der Waals surface area contributed by atoms with Gasteiger partial charge in [-0.2, -0.15) is 4.98 Å². The van der Waals surface area contributed by atoms with Crippen molar-refractivity contribution < 1.29 is 9.53 Å². The Morgan fingerprint density at radius 2 is 1.86 bits per heavy atom. The van der Waals surface area contributed by atoms with Crippen molar-refractivity contribution in [2.45, 2.75) is 70.0 Å². The molecular formula is C27H31ClN4O2S. The SMILES string of the molecule is CC1=C(C(=O)OC(C)C)C(c2ccc(C(C)(C)C)cc2)n2nc(SCc3ccccc3Cl)nc2N1. The van der Waals surface area contributed by atoms with Crippen molar-refractivity contribution in [3.05, 3.63) is 81.5 Å². The van der Waals surface area contributed by atoms with E-state index in [1.807, 2.05) is 45.0 Å². The quantitative estimate of drug-likeness (QED) is 0.292. The summed E-state index contributed by atoms with van der Waals surface area (Å²) in [7, 11) is 0. The molecule has 0 amide bonds. The van der Waals surface area contributed by atoms with Gasteiger partial charge in [0, 0.05) is 16.5 Å². The minimum absolute atomic E-state index is 0.0265. The molecule has 1 aliphatic heterocycles. The maximum absolute atomic E-state index is 13.2. The van der Waals surface area contributed by atoms with Gasteiger partial charge in [-0.3, -0.25) is 0 Å². The van der Waals surface area contributed by atoms with Crippen LogP contribution in [0.3, 0.4) is 0 Å². The highest BCUT2D eigenvalue weighted by Gasteiger charge is 2.35. The molecule has 0 aliphatic carbocycles. The highest BCUT2D eigenvalue weighted by atomic mass is 35.5. The van der Waals surface area contributed by atoms with E-state index in [9.17, 15) is 4.79 Å². The molecule has 3 aromatic rings. The highest BCUT2D eigenvalue weighted by molar-refractivity contribution is 7.98. The first-order valence-electron chi connectivity index (χ1n) is 11.7. The van der Waals surface area contributed by atoms with Gasteiger partial charge in [0.2, 0.25) is 11.1 Å². The Balaban J connectivity index is 1.72. The molecule has 0 saturated carbocycles. The summed E-state index contributed by atoms with van der Waals surface area (Å²) < 4.78 is 7.39. The fourth-order valence-electron chi connectivity index (χ4n) is 3.97. The van der Waals surface area contributed by atoms with Crippen molar-refractivity contribution in [1.29, 1.82) is 0 Å². The van der Waals surface area contributed by atoms with Crippen molar-refractivity contribution in [3.8, 4) is 0 Å². The zero-order valence-electron chi connectivity index (χ0n) is 20.9. The molecule has 8 heteroatoms. The fourth-order valence-corrected chi connectivity index (χ4v) is 5.08. The van der Waals surface area contributed by atoms with Gasteiger partial charge >= 0.3 is 5.97 Å². The lowest BCUT2D eigenvalue weighted by atomic mass is 9.85. The Hall–Kier alpha value is -2.77. The maximum atomic E-state index is 13.2. The summed E-state index contributed by atoms with van der Waals surface area (Å²) >= 11 is 7.83. The number of benzene rings is 2. The third-order valence-electron chi connectivity index (χ3n) is 5.80. The number of rotatable bonds is 6. The topological polar surface area (TPSA) is 69.0 Å². The minimum Gasteiger partial charge on any atom is -0.459 e. The number of anilines is 1. The lowest BCUT2D eigenvalue weighted by Crippen LogP contribution is -2.30. The van der Waals surface area contributed by atoms with Crippen molar-refractivity contribution >= 4 is 35.3 Å². The zero-order valence-corrected chi connectivity index (χ0v) is 22.5. The number of esters is 1. The smallest absolute Gasteiger partial charge is 0.338 e. The molecule has 0 radical (unpaired) electrons. The Bertz CT molecular complexity index is 1260. The number of aromatic nitrogens is 3.